The second-order valence-electron chi connectivity index (χ2n) is 6.00. The Morgan fingerprint density at radius 1 is 1.14 bits per heavy atom. The van der Waals surface area contributed by atoms with E-state index in [1.54, 1.807) is 11.3 Å². The number of nitrogens with zero attached hydrogens (tertiary/aromatic N) is 2. The number of benzene rings is 1. The number of amides is 1. The number of piperidine rings is 1. The summed E-state index contributed by atoms with van der Waals surface area (Å²) in [5.74, 6) is 0.186. The third-order valence-corrected chi connectivity index (χ3v) is 5.12. The number of rotatable bonds is 3. The van der Waals surface area contributed by atoms with Gasteiger partial charge in [0.05, 0.1) is 5.56 Å². The molecule has 1 saturated heterocycles. The molecule has 22 heavy (non-hydrogen) atoms. The lowest BCUT2D eigenvalue weighted by Crippen LogP contribution is -2.35. The third kappa shape index (κ3) is 3.17. The number of likely N-dealkylation sites (tertiary alicyclic amines) is 1. The van der Waals surface area contributed by atoms with Crippen molar-refractivity contribution in [2.75, 3.05) is 32.1 Å². The van der Waals surface area contributed by atoms with Crippen LogP contribution < -0.4 is 4.90 Å². The molecule has 1 aliphatic rings. The van der Waals surface area contributed by atoms with Gasteiger partial charge in [-0.25, -0.2) is 0 Å². The second kappa shape index (κ2) is 6.53. The lowest BCUT2D eigenvalue weighted by atomic mass is 10.1. The fourth-order valence-corrected chi connectivity index (χ4v) is 3.70. The van der Waals surface area contributed by atoms with Crippen LogP contribution in [0.1, 0.15) is 29.6 Å². The maximum Gasteiger partial charge on any atom is 0.254 e. The molecule has 1 fully saturated rings. The van der Waals surface area contributed by atoms with Crippen LogP contribution in [0.4, 0.5) is 5.69 Å². The predicted molar refractivity (Wildman–Crippen MR) is 93.8 cm³/mol. The first-order chi connectivity index (χ1) is 10.6. The van der Waals surface area contributed by atoms with E-state index >= 15 is 0 Å². The predicted octanol–water partition coefficient (Wildman–Crippen LogP) is 4.11. The van der Waals surface area contributed by atoms with E-state index in [2.05, 4.69) is 29.2 Å². The maximum absolute atomic E-state index is 12.5. The number of anilines is 1. The highest BCUT2D eigenvalue weighted by Gasteiger charge is 2.19. The van der Waals surface area contributed by atoms with Gasteiger partial charge in [-0.3, -0.25) is 4.79 Å². The van der Waals surface area contributed by atoms with Gasteiger partial charge in [-0.1, -0.05) is 12.1 Å². The number of carbonyl (C=O) groups excluding carboxylic acids is 1. The van der Waals surface area contributed by atoms with Crippen molar-refractivity contribution in [1.82, 2.24) is 4.90 Å². The normalized spacial score (nSPS) is 14.9. The summed E-state index contributed by atoms with van der Waals surface area (Å²) in [5, 5.41) is 1.99. The zero-order valence-electron chi connectivity index (χ0n) is 13.2. The van der Waals surface area contributed by atoms with Crippen molar-refractivity contribution in [3.63, 3.8) is 0 Å². The lowest BCUT2D eigenvalue weighted by Gasteiger charge is -2.26. The van der Waals surface area contributed by atoms with Crippen molar-refractivity contribution in [2.45, 2.75) is 19.3 Å². The van der Waals surface area contributed by atoms with Crippen molar-refractivity contribution in [1.29, 1.82) is 0 Å². The Labute approximate surface area is 136 Å². The van der Waals surface area contributed by atoms with Gasteiger partial charge in [-0.05, 0) is 43.0 Å². The molecule has 0 aliphatic carbocycles. The van der Waals surface area contributed by atoms with Gasteiger partial charge in [0.15, 0.2) is 0 Å². The van der Waals surface area contributed by atoms with E-state index in [-0.39, 0.29) is 5.91 Å². The molecule has 0 spiro atoms. The third-order valence-electron chi connectivity index (χ3n) is 4.14. The molecule has 0 radical (unpaired) electrons. The van der Waals surface area contributed by atoms with Crippen LogP contribution in [-0.2, 0) is 0 Å². The van der Waals surface area contributed by atoms with Gasteiger partial charge >= 0.3 is 0 Å². The summed E-state index contributed by atoms with van der Waals surface area (Å²) in [5.41, 5.74) is 3.18. The number of hydrogen-bond acceptors (Lipinski definition) is 3. The van der Waals surface area contributed by atoms with Gasteiger partial charge in [0.2, 0.25) is 0 Å². The van der Waals surface area contributed by atoms with Crippen LogP contribution in [0.25, 0.3) is 10.4 Å². The summed E-state index contributed by atoms with van der Waals surface area (Å²) in [4.78, 5) is 17.8. The first kappa shape index (κ1) is 15.1. The summed E-state index contributed by atoms with van der Waals surface area (Å²) in [6, 6.07) is 10.5. The first-order valence-corrected chi connectivity index (χ1v) is 8.69. The Morgan fingerprint density at radius 2 is 1.91 bits per heavy atom. The first-order valence-electron chi connectivity index (χ1n) is 7.81. The van der Waals surface area contributed by atoms with Crippen LogP contribution in [-0.4, -0.2) is 38.0 Å². The van der Waals surface area contributed by atoms with Gasteiger partial charge in [0, 0.05) is 43.1 Å². The molecule has 0 bridgehead atoms. The number of hydrogen-bond donors (Lipinski definition) is 0. The Morgan fingerprint density at radius 3 is 2.64 bits per heavy atom. The standard InChI is InChI=1S/C18H22N2OS/c1-19(2)16-8-6-7-14(11-16)17-12-15(13-22-17)18(21)20-9-4-3-5-10-20/h6-8,11-13H,3-5,9-10H2,1-2H3. The monoisotopic (exact) mass is 314 g/mol. The lowest BCUT2D eigenvalue weighted by molar-refractivity contribution is 0.0725. The fraction of sp³-hybridized carbons (Fsp3) is 0.389. The van der Waals surface area contributed by atoms with E-state index in [4.69, 9.17) is 0 Å². The summed E-state index contributed by atoms with van der Waals surface area (Å²) < 4.78 is 0. The van der Waals surface area contributed by atoms with Gasteiger partial charge in [0.1, 0.15) is 0 Å². The van der Waals surface area contributed by atoms with Gasteiger partial charge in [-0.2, -0.15) is 0 Å². The molecular formula is C18H22N2OS. The van der Waals surface area contributed by atoms with E-state index in [1.807, 2.05) is 30.4 Å². The molecule has 1 aromatic carbocycles. The van der Waals surface area contributed by atoms with Crippen LogP contribution in [0.3, 0.4) is 0 Å². The minimum absolute atomic E-state index is 0.186. The van der Waals surface area contributed by atoms with Crippen LogP contribution in [0.5, 0.6) is 0 Å². The molecule has 1 aliphatic heterocycles. The minimum atomic E-state index is 0.186. The molecule has 4 heteroatoms. The maximum atomic E-state index is 12.5. The average molecular weight is 314 g/mol. The number of thiophene rings is 1. The van der Waals surface area contributed by atoms with E-state index in [1.165, 1.54) is 17.7 Å². The summed E-state index contributed by atoms with van der Waals surface area (Å²) in [6.07, 6.45) is 3.51. The van der Waals surface area contributed by atoms with Gasteiger partial charge < -0.3 is 9.80 Å². The molecular weight excluding hydrogens is 292 g/mol. The van der Waals surface area contributed by atoms with E-state index in [0.717, 1.165) is 36.4 Å². The van der Waals surface area contributed by atoms with E-state index < -0.39 is 0 Å². The number of carbonyl (C=O) groups is 1. The fourth-order valence-electron chi connectivity index (χ4n) is 2.82. The highest BCUT2D eigenvalue weighted by Crippen LogP contribution is 2.30. The molecule has 3 rings (SSSR count). The Kier molecular flexibility index (Phi) is 4.48. The highest BCUT2D eigenvalue weighted by molar-refractivity contribution is 7.13. The molecule has 0 atom stereocenters. The summed E-state index contributed by atoms with van der Waals surface area (Å²) >= 11 is 1.65. The van der Waals surface area contributed by atoms with Crippen LogP contribution in [0.2, 0.25) is 0 Å². The Bertz CT molecular complexity index is 657. The smallest absolute Gasteiger partial charge is 0.254 e. The average Bonchev–Trinajstić information content (AvgIpc) is 3.05. The van der Waals surface area contributed by atoms with Gasteiger partial charge in [-0.15, -0.1) is 11.3 Å². The molecule has 0 N–H and O–H groups in total. The van der Waals surface area contributed by atoms with Crippen LogP contribution in [0, 0.1) is 0 Å². The highest BCUT2D eigenvalue weighted by atomic mass is 32.1. The molecule has 0 saturated carbocycles. The van der Waals surface area contributed by atoms with Crippen molar-refractivity contribution in [3.8, 4) is 10.4 Å². The zero-order chi connectivity index (χ0) is 15.5. The largest absolute Gasteiger partial charge is 0.378 e. The minimum Gasteiger partial charge on any atom is -0.378 e. The Balaban J connectivity index is 1.81. The van der Waals surface area contributed by atoms with Crippen molar-refractivity contribution < 1.29 is 4.79 Å². The van der Waals surface area contributed by atoms with Crippen molar-refractivity contribution in [3.05, 3.63) is 41.3 Å². The molecule has 2 aromatic rings. The Hall–Kier alpha value is -1.81. The molecule has 116 valence electrons. The van der Waals surface area contributed by atoms with E-state index in [0.29, 0.717) is 0 Å². The summed E-state index contributed by atoms with van der Waals surface area (Å²) in [7, 11) is 4.08. The van der Waals surface area contributed by atoms with Crippen molar-refractivity contribution >= 4 is 22.9 Å². The zero-order valence-corrected chi connectivity index (χ0v) is 14.0. The molecule has 1 aromatic heterocycles. The quantitative estimate of drug-likeness (QED) is 0.851. The van der Waals surface area contributed by atoms with Gasteiger partial charge in [0.25, 0.3) is 5.91 Å². The summed E-state index contributed by atoms with van der Waals surface area (Å²) in [6.45, 7) is 1.81. The van der Waals surface area contributed by atoms with E-state index in [9.17, 15) is 4.79 Å². The SMILES string of the molecule is CN(C)c1cccc(-c2cc(C(=O)N3CCCCC3)cs2)c1. The molecule has 2 heterocycles. The second-order valence-corrected chi connectivity index (χ2v) is 6.91. The van der Waals surface area contributed by atoms with Crippen molar-refractivity contribution in [2.24, 2.45) is 0 Å². The van der Waals surface area contributed by atoms with Crippen LogP contribution >= 0.6 is 11.3 Å². The molecule has 0 unspecified atom stereocenters. The van der Waals surface area contributed by atoms with Crippen LogP contribution in [0.15, 0.2) is 35.7 Å². The molecule has 1 amide bonds. The topological polar surface area (TPSA) is 23.6 Å². The molecule has 3 nitrogen and oxygen atoms in total.